The van der Waals surface area contributed by atoms with E-state index in [0.29, 0.717) is 19.5 Å². The van der Waals surface area contributed by atoms with Crippen molar-refractivity contribution in [3.8, 4) is 0 Å². The summed E-state index contributed by atoms with van der Waals surface area (Å²) in [6.45, 7) is 2.72. The third-order valence-electron chi connectivity index (χ3n) is 2.43. The Kier molecular flexibility index (Phi) is 3.28. The number of aromatic nitrogens is 2. The predicted octanol–water partition coefficient (Wildman–Crippen LogP) is 0.790. The van der Waals surface area contributed by atoms with E-state index in [1.807, 2.05) is 0 Å². The first-order valence-corrected chi connectivity index (χ1v) is 5.95. The predicted molar refractivity (Wildman–Crippen MR) is 60.7 cm³/mol. The van der Waals surface area contributed by atoms with Gasteiger partial charge in [-0.2, -0.15) is 0 Å². The highest BCUT2D eigenvalue weighted by molar-refractivity contribution is 8.14. The summed E-state index contributed by atoms with van der Waals surface area (Å²) >= 11 is 1.25. The molecule has 16 heavy (non-hydrogen) atoms. The molecule has 1 unspecified atom stereocenters. The van der Waals surface area contributed by atoms with Crippen molar-refractivity contribution in [2.24, 2.45) is 0 Å². The number of likely N-dealkylation sites (tertiary alicyclic amines) is 1. The maximum Gasteiger partial charge on any atom is 0.224 e. The zero-order valence-electron chi connectivity index (χ0n) is 8.97. The molecule has 86 valence electrons. The summed E-state index contributed by atoms with van der Waals surface area (Å²) in [4.78, 5) is 31.2. The van der Waals surface area contributed by atoms with Crippen LogP contribution < -0.4 is 0 Å². The van der Waals surface area contributed by atoms with E-state index in [2.05, 4.69) is 9.97 Å². The molecule has 0 aromatic carbocycles. The summed E-state index contributed by atoms with van der Waals surface area (Å²) < 4.78 is 0. The number of carbonyl (C=O) groups excluding carboxylic acids is 2. The fourth-order valence-electron chi connectivity index (χ4n) is 1.78. The highest BCUT2D eigenvalue weighted by atomic mass is 32.2. The molecule has 1 fully saturated rings. The molecule has 5 nitrogen and oxygen atoms in total. The second-order valence-corrected chi connectivity index (χ2v) is 5.26. The van der Waals surface area contributed by atoms with Gasteiger partial charge in [-0.1, -0.05) is 11.8 Å². The maximum atomic E-state index is 11.7. The minimum absolute atomic E-state index is 0.0705. The Bertz CT molecular complexity index is 391. The van der Waals surface area contributed by atoms with E-state index in [0.717, 1.165) is 5.69 Å². The van der Waals surface area contributed by atoms with Gasteiger partial charge in [-0.25, -0.2) is 4.98 Å². The molecule has 0 bridgehead atoms. The van der Waals surface area contributed by atoms with Crippen LogP contribution in [-0.2, 0) is 16.1 Å². The van der Waals surface area contributed by atoms with Crippen LogP contribution in [0.1, 0.15) is 19.0 Å². The van der Waals surface area contributed by atoms with Gasteiger partial charge in [0.05, 0.1) is 18.6 Å². The van der Waals surface area contributed by atoms with Gasteiger partial charge in [0.15, 0.2) is 5.12 Å². The first kappa shape index (κ1) is 11.2. The van der Waals surface area contributed by atoms with E-state index < -0.39 is 0 Å². The topological polar surface area (TPSA) is 66.1 Å². The molecule has 2 rings (SSSR count). The fraction of sp³-hybridized carbons (Fsp3) is 0.500. The zero-order valence-corrected chi connectivity index (χ0v) is 9.79. The molecule has 6 heteroatoms. The number of hydrogen-bond donors (Lipinski definition) is 1. The molecule has 0 aliphatic carbocycles. The van der Waals surface area contributed by atoms with Crippen LogP contribution >= 0.6 is 11.8 Å². The van der Waals surface area contributed by atoms with Crippen molar-refractivity contribution in [3.05, 3.63) is 18.2 Å². The number of carbonyl (C=O) groups is 2. The summed E-state index contributed by atoms with van der Waals surface area (Å²) in [5.41, 5.74) is 0.918. The molecule has 1 atom stereocenters. The molecule has 1 N–H and O–H groups in total. The highest BCUT2D eigenvalue weighted by Crippen LogP contribution is 2.24. The molecular weight excluding hydrogens is 226 g/mol. The zero-order chi connectivity index (χ0) is 11.5. The average molecular weight is 239 g/mol. The lowest BCUT2D eigenvalue weighted by Crippen LogP contribution is -2.25. The monoisotopic (exact) mass is 239 g/mol. The van der Waals surface area contributed by atoms with Crippen molar-refractivity contribution in [1.29, 1.82) is 0 Å². The molecule has 1 amide bonds. The summed E-state index contributed by atoms with van der Waals surface area (Å²) in [6.07, 6.45) is 3.76. The van der Waals surface area contributed by atoms with Gasteiger partial charge in [0.25, 0.3) is 0 Å². The Morgan fingerprint density at radius 3 is 3.19 bits per heavy atom. The van der Waals surface area contributed by atoms with Crippen LogP contribution in [0.15, 0.2) is 12.5 Å². The Hall–Kier alpha value is -1.30. The first-order valence-electron chi connectivity index (χ1n) is 5.07. The van der Waals surface area contributed by atoms with Gasteiger partial charge >= 0.3 is 0 Å². The summed E-state index contributed by atoms with van der Waals surface area (Å²) in [5.74, 6) is 0.105. The normalized spacial score (nSPS) is 20.4. The Morgan fingerprint density at radius 2 is 2.56 bits per heavy atom. The molecule has 1 aliphatic rings. The second kappa shape index (κ2) is 4.69. The number of H-pyrrole nitrogens is 1. The smallest absolute Gasteiger partial charge is 0.224 e. The van der Waals surface area contributed by atoms with Gasteiger partial charge in [0.2, 0.25) is 5.91 Å². The van der Waals surface area contributed by atoms with Gasteiger partial charge < -0.3 is 9.88 Å². The molecule has 0 spiro atoms. The van der Waals surface area contributed by atoms with E-state index >= 15 is 0 Å². The van der Waals surface area contributed by atoms with E-state index in [9.17, 15) is 9.59 Å². The van der Waals surface area contributed by atoms with Crippen molar-refractivity contribution in [1.82, 2.24) is 14.9 Å². The maximum absolute atomic E-state index is 11.7. The van der Waals surface area contributed by atoms with Crippen LogP contribution in [0.4, 0.5) is 0 Å². The quantitative estimate of drug-likeness (QED) is 0.847. The molecule has 1 aliphatic heterocycles. The molecule has 1 aromatic heterocycles. The highest BCUT2D eigenvalue weighted by Gasteiger charge is 2.30. The van der Waals surface area contributed by atoms with Crippen LogP contribution in [-0.4, -0.2) is 37.7 Å². The lowest BCUT2D eigenvalue weighted by Gasteiger charge is -2.14. The van der Waals surface area contributed by atoms with Gasteiger partial charge in [-0.3, -0.25) is 9.59 Å². The van der Waals surface area contributed by atoms with Crippen molar-refractivity contribution < 1.29 is 9.59 Å². The Labute approximate surface area is 97.6 Å². The Morgan fingerprint density at radius 1 is 1.75 bits per heavy atom. The molecule has 0 saturated carbocycles. The SMILES string of the molecule is CC(=O)SC1CC(=O)N(Cc2cnc[nH]2)C1. The second-order valence-electron chi connectivity index (χ2n) is 3.79. The molecule has 1 saturated heterocycles. The van der Waals surface area contributed by atoms with Crippen LogP contribution in [0.5, 0.6) is 0 Å². The largest absolute Gasteiger partial charge is 0.347 e. The summed E-state index contributed by atoms with van der Waals surface area (Å²) in [7, 11) is 0. The van der Waals surface area contributed by atoms with Crippen LogP contribution in [0, 0.1) is 0 Å². The Balaban J connectivity index is 1.92. The number of rotatable bonds is 3. The number of imidazole rings is 1. The van der Waals surface area contributed by atoms with Crippen molar-refractivity contribution in [2.75, 3.05) is 6.54 Å². The number of nitrogens with zero attached hydrogens (tertiary/aromatic N) is 2. The number of amides is 1. The average Bonchev–Trinajstić information content (AvgIpc) is 2.77. The molecule has 2 heterocycles. The third-order valence-corrected chi connectivity index (χ3v) is 3.41. The van der Waals surface area contributed by atoms with E-state index in [-0.39, 0.29) is 16.3 Å². The van der Waals surface area contributed by atoms with Crippen LogP contribution in [0.3, 0.4) is 0 Å². The molecule has 1 aromatic rings. The number of nitrogens with one attached hydrogen (secondary N) is 1. The van der Waals surface area contributed by atoms with Crippen LogP contribution in [0.25, 0.3) is 0 Å². The number of aromatic amines is 1. The van der Waals surface area contributed by atoms with Gasteiger partial charge in [0, 0.05) is 31.3 Å². The van der Waals surface area contributed by atoms with Crippen molar-refractivity contribution >= 4 is 22.8 Å². The standard InChI is InChI=1S/C10H13N3O2S/c1-7(14)16-9-2-10(15)13(5-9)4-8-3-11-6-12-8/h3,6,9H,2,4-5H2,1H3,(H,11,12). The third kappa shape index (κ3) is 2.63. The van der Waals surface area contributed by atoms with E-state index in [4.69, 9.17) is 0 Å². The number of hydrogen-bond acceptors (Lipinski definition) is 4. The first-order chi connectivity index (χ1) is 7.65. The molecule has 0 radical (unpaired) electrons. The fourth-order valence-corrected chi connectivity index (χ4v) is 2.73. The van der Waals surface area contributed by atoms with Crippen LogP contribution in [0.2, 0.25) is 0 Å². The minimum Gasteiger partial charge on any atom is -0.347 e. The van der Waals surface area contributed by atoms with Crippen molar-refractivity contribution in [3.63, 3.8) is 0 Å². The van der Waals surface area contributed by atoms with E-state index in [1.165, 1.54) is 18.7 Å². The number of thioether (sulfide) groups is 1. The van der Waals surface area contributed by atoms with Gasteiger partial charge in [-0.05, 0) is 0 Å². The van der Waals surface area contributed by atoms with E-state index in [1.54, 1.807) is 17.4 Å². The summed E-state index contributed by atoms with van der Waals surface area (Å²) in [5, 5.41) is 0.175. The summed E-state index contributed by atoms with van der Waals surface area (Å²) in [6, 6.07) is 0. The lowest BCUT2D eigenvalue weighted by atomic mass is 10.4. The van der Waals surface area contributed by atoms with Crippen molar-refractivity contribution in [2.45, 2.75) is 25.1 Å². The minimum atomic E-state index is 0.0705. The van der Waals surface area contributed by atoms with Gasteiger partial charge in [0.1, 0.15) is 0 Å². The molecular formula is C10H13N3O2S. The van der Waals surface area contributed by atoms with Gasteiger partial charge in [-0.15, -0.1) is 0 Å². The lowest BCUT2D eigenvalue weighted by molar-refractivity contribution is -0.128.